The zero-order valence-corrected chi connectivity index (χ0v) is 11.6. The molecule has 1 aliphatic heterocycles. The number of aromatic nitrogens is 2. The number of benzene rings is 1. The first-order valence-corrected chi connectivity index (χ1v) is 6.89. The number of imidazole rings is 1. The molecule has 2 heterocycles. The molecule has 1 unspecified atom stereocenters. The molecule has 0 spiro atoms. The van der Waals surface area contributed by atoms with Gasteiger partial charge in [0.05, 0.1) is 5.56 Å². The molecule has 0 amide bonds. The highest BCUT2D eigenvalue weighted by Gasteiger charge is 2.31. The summed E-state index contributed by atoms with van der Waals surface area (Å²) in [6, 6.07) is 5.16. The molecule has 1 atom stereocenters. The van der Waals surface area contributed by atoms with Crippen LogP contribution in [0.1, 0.15) is 24.7 Å². The number of nitrogens with zero attached hydrogens (tertiary/aromatic N) is 2. The first-order valence-electron chi connectivity index (χ1n) is 6.89. The summed E-state index contributed by atoms with van der Waals surface area (Å²) in [6.45, 7) is 2.91. The Hall–Kier alpha value is -1.98. The molecular formula is C15H16F3N3. The van der Waals surface area contributed by atoms with Crippen molar-refractivity contribution in [2.75, 3.05) is 5.73 Å². The van der Waals surface area contributed by atoms with Crippen LogP contribution in [0.4, 0.5) is 19.0 Å². The largest absolute Gasteiger partial charge is 0.416 e. The first-order chi connectivity index (χ1) is 9.86. The van der Waals surface area contributed by atoms with E-state index in [0.29, 0.717) is 23.0 Å². The number of alkyl halides is 3. The summed E-state index contributed by atoms with van der Waals surface area (Å²) in [5.74, 6) is 1.84. The highest BCUT2D eigenvalue weighted by molar-refractivity contribution is 5.71. The average molecular weight is 295 g/mol. The summed E-state index contributed by atoms with van der Waals surface area (Å²) >= 11 is 0. The summed E-state index contributed by atoms with van der Waals surface area (Å²) in [6.07, 6.45) is -2.54. The molecule has 2 aromatic rings. The van der Waals surface area contributed by atoms with E-state index in [1.807, 2.05) is 4.57 Å². The predicted molar refractivity (Wildman–Crippen MR) is 74.6 cm³/mol. The third kappa shape index (κ3) is 2.50. The van der Waals surface area contributed by atoms with Gasteiger partial charge in [0.2, 0.25) is 0 Å². The number of hydrogen-bond donors (Lipinski definition) is 1. The lowest BCUT2D eigenvalue weighted by Crippen LogP contribution is -2.18. The van der Waals surface area contributed by atoms with Gasteiger partial charge < -0.3 is 10.3 Å². The highest BCUT2D eigenvalue weighted by Crippen LogP contribution is 2.35. The second-order valence-electron chi connectivity index (χ2n) is 5.59. The number of hydrogen-bond acceptors (Lipinski definition) is 2. The van der Waals surface area contributed by atoms with Gasteiger partial charge in [0.15, 0.2) is 0 Å². The Morgan fingerprint density at radius 2 is 2.10 bits per heavy atom. The number of halogens is 3. The maximum Gasteiger partial charge on any atom is 0.416 e. The molecule has 1 aliphatic rings. The molecule has 1 aromatic heterocycles. The molecular weight excluding hydrogens is 279 g/mol. The Kier molecular flexibility index (Phi) is 3.19. The summed E-state index contributed by atoms with van der Waals surface area (Å²) < 4.78 is 40.3. The second-order valence-corrected chi connectivity index (χ2v) is 5.59. The van der Waals surface area contributed by atoms with Crippen molar-refractivity contribution in [3.63, 3.8) is 0 Å². The zero-order chi connectivity index (χ0) is 15.2. The van der Waals surface area contributed by atoms with E-state index in [4.69, 9.17) is 5.73 Å². The topological polar surface area (TPSA) is 43.8 Å². The Labute approximate surface area is 120 Å². The van der Waals surface area contributed by atoms with Crippen LogP contribution >= 0.6 is 0 Å². The molecule has 112 valence electrons. The van der Waals surface area contributed by atoms with E-state index in [9.17, 15) is 13.2 Å². The van der Waals surface area contributed by atoms with Crippen molar-refractivity contribution in [2.24, 2.45) is 5.92 Å². The maximum absolute atomic E-state index is 12.8. The molecule has 3 nitrogen and oxygen atoms in total. The van der Waals surface area contributed by atoms with Crippen LogP contribution in [0.5, 0.6) is 0 Å². The molecule has 0 fully saturated rings. The molecule has 0 saturated carbocycles. The smallest absolute Gasteiger partial charge is 0.383 e. The lowest BCUT2D eigenvalue weighted by atomic mass is 10.0. The summed E-state index contributed by atoms with van der Waals surface area (Å²) in [4.78, 5) is 4.46. The van der Waals surface area contributed by atoms with Crippen LogP contribution in [-0.2, 0) is 19.1 Å². The van der Waals surface area contributed by atoms with E-state index in [-0.39, 0.29) is 0 Å². The van der Waals surface area contributed by atoms with Gasteiger partial charge in [0, 0.05) is 18.5 Å². The monoisotopic (exact) mass is 295 g/mol. The van der Waals surface area contributed by atoms with Crippen molar-refractivity contribution in [3.05, 3.63) is 35.7 Å². The van der Waals surface area contributed by atoms with E-state index >= 15 is 0 Å². The van der Waals surface area contributed by atoms with Crippen molar-refractivity contribution < 1.29 is 13.2 Å². The van der Waals surface area contributed by atoms with Gasteiger partial charge in [-0.05, 0) is 24.5 Å². The Morgan fingerprint density at radius 1 is 1.33 bits per heavy atom. The van der Waals surface area contributed by atoms with Crippen LogP contribution in [0.2, 0.25) is 0 Å². The Bertz CT molecular complexity index is 673. The van der Waals surface area contributed by atoms with E-state index in [2.05, 4.69) is 11.9 Å². The summed E-state index contributed by atoms with van der Waals surface area (Å²) in [7, 11) is 0. The van der Waals surface area contributed by atoms with Gasteiger partial charge in [-0.25, -0.2) is 4.98 Å². The zero-order valence-electron chi connectivity index (χ0n) is 11.6. The molecule has 3 rings (SSSR count). The standard InChI is InChI=1S/C15H16F3N3/c1-9-5-6-21-12(7-9)20-13(14(21)19)10-3-2-4-11(8-10)15(16,17)18/h2-4,8-9H,5-7,19H2,1H3. The van der Waals surface area contributed by atoms with Crippen LogP contribution in [0.3, 0.4) is 0 Å². The fraction of sp³-hybridized carbons (Fsp3) is 0.400. The van der Waals surface area contributed by atoms with Gasteiger partial charge in [-0.2, -0.15) is 13.2 Å². The minimum atomic E-state index is -4.36. The second kappa shape index (κ2) is 4.79. The first kappa shape index (κ1) is 14.0. The number of nitrogen functional groups attached to an aromatic ring is 1. The van der Waals surface area contributed by atoms with Gasteiger partial charge in [-0.15, -0.1) is 0 Å². The SMILES string of the molecule is CC1CCn2c(nc(-c3cccc(C(F)(F)F)c3)c2N)C1. The molecule has 0 radical (unpaired) electrons. The Balaban J connectivity index is 2.06. The predicted octanol–water partition coefficient (Wildman–Crippen LogP) is 3.73. The summed E-state index contributed by atoms with van der Waals surface area (Å²) in [5.41, 5.74) is 6.26. The molecule has 6 heteroatoms. The van der Waals surface area contributed by atoms with Crippen molar-refractivity contribution in [1.29, 1.82) is 0 Å². The lowest BCUT2D eigenvalue weighted by molar-refractivity contribution is -0.137. The number of fused-ring (bicyclic) bond motifs is 1. The van der Waals surface area contributed by atoms with Gasteiger partial charge in [0.25, 0.3) is 0 Å². The molecule has 1 aromatic carbocycles. The van der Waals surface area contributed by atoms with Crippen LogP contribution in [0, 0.1) is 5.92 Å². The van der Waals surface area contributed by atoms with Crippen LogP contribution in [0.25, 0.3) is 11.3 Å². The normalized spacial score (nSPS) is 18.6. The van der Waals surface area contributed by atoms with Gasteiger partial charge in [-0.3, -0.25) is 0 Å². The fourth-order valence-electron chi connectivity index (χ4n) is 2.74. The fourth-order valence-corrected chi connectivity index (χ4v) is 2.74. The minimum Gasteiger partial charge on any atom is -0.383 e. The van der Waals surface area contributed by atoms with Gasteiger partial charge in [-0.1, -0.05) is 19.1 Å². The summed E-state index contributed by atoms with van der Waals surface area (Å²) in [5, 5.41) is 0. The molecule has 2 N–H and O–H groups in total. The third-order valence-corrected chi connectivity index (χ3v) is 3.93. The molecule has 0 bridgehead atoms. The van der Waals surface area contributed by atoms with Crippen molar-refractivity contribution in [1.82, 2.24) is 9.55 Å². The van der Waals surface area contributed by atoms with Crippen LogP contribution < -0.4 is 5.73 Å². The Morgan fingerprint density at radius 3 is 2.81 bits per heavy atom. The highest BCUT2D eigenvalue weighted by atomic mass is 19.4. The minimum absolute atomic E-state index is 0.414. The number of anilines is 1. The molecule has 21 heavy (non-hydrogen) atoms. The lowest BCUT2D eigenvalue weighted by Gasteiger charge is -2.20. The van der Waals surface area contributed by atoms with Gasteiger partial charge >= 0.3 is 6.18 Å². The van der Waals surface area contributed by atoms with Crippen molar-refractivity contribution in [2.45, 2.75) is 32.5 Å². The van der Waals surface area contributed by atoms with Gasteiger partial charge in [0.1, 0.15) is 17.3 Å². The van der Waals surface area contributed by atoms with Crippen molar-refractivity contribution in [3.8, 4) is 11.3 Å². The van der Waals surface area contributed by atoms with Crippen molar-refractivity contribution >= 4 is 5.82 Å². The number of nitrogens with two attached hydrogens (primary N) is 1. The molecule has 0 saturated heterocycles. The third-order valence-electron chi connectivity index (χ3n) is 3.93. The number of rotatable bonds is 1. The quantitative estimate of drug-likeness (QED) is 0.871. The van der Waals surface area contributed by atoms with E-state index in [0.717, 1.165) is 37.3 Å². The van der Waals surface area contributed by atoms with E-state index in [1.54, 1.807) is 6.07 Å². The molecule has 0 aliphatic carbocycles. The van der Waals surface area contributed by atoms with Crippen LogP contribution in [0.15, 0.2) is 24.3 Å². The van der Waals surface area contributed by atoms with E-state index in [1.165, 1.54) is 6.07 Å². The van der Waals surface area contributed by atoms with Crippen LogP contribution in [-0.4, -0.2) is 9.55 Å². The average Bonchev–Trinajstić information content (AvgIpc) is 2.74. The van der Waals surface area contributed by atoms with E-state index < -0.39 is 11.7 Å². The maximum atomic E-state index is 12.8.